The van der Waals surface area contributed by atoms with Crippen molar-refractivity contribution >= 4 is 50.7 Å². The van der Waals surface area contributed by atoms with Crippen molar-refractivity contribution in [3.05, 3.63) is 130 Å². The molecule has 0 heterocycles. The number of hydrogen-bond donors (Lipinski definition) is 1. The van der Waals surface area contributed by atoms with Crippen molar-refractivity contribution < 1.29 is 18.0 Å². The minimum atomic E-state index is -4.25. The predicted molar refractivity (Wildman–Crippen MR) is 181 cm³/mol. The van der Waals surface area contributed by atoms with Crippen LogP contribution >= 0.6 is 23.2 Å². The van der Waals surface area contributed by atoms with E-state index in [1.54, 1.807) is 12.1 Å². The summed E-state index contributed by atoms with van der Waals surface area (Å²) in [4.78, 5) is 29.9. The highest BCUT2D eigenvalue weighted by Gasteiger charge is 2.35. The lowest BCUT2D eigenvalue weighted by Gasteiger charge is -2.35. The Balaban J connectivity index is 1.82. The number of carbonyl (C=O) groups excluding carboxylic acids is 2. The van der Waals surface area contributed by atoms with Crippen LogP contribution in [0.5, 0.6) is 0 Å². The van der Waals surface area contributed by atoms with Crippen LogP contribution < -0.4 is 9.62 Å². The Morgan fingerprint density at radius 3 is 1.93 bits per heavy atom. The fourth-order valence-corrected chi connectivity index (χ4v) is 6.49. The van der Waals surface area contributed by atoms with Crippen LogP contribution in [0, 0.1) is 6.92 Å². The molecule has 1 atom stereocenters. The summed E-state index contributed by atoms with van der Waals surface area (Å²) in [5.41, 5.74) is 2.11. The molecule has 0 saturated heterocycles. The number of nitrogens with zero attached hydrogens (tertiary/aromatic N) is 2. The number of amides is 2. The Labute approximate surface area is 275 Å². The molecule has 10 heteroatoms. The first-order valence-corrected chi connectivity index (χ1v) is 16.7. The predicted octanol–water partition coefficient (Wildman–Crippen LogP) is 7.05. The third kappa shape index (κ3) is 9.10. The second kappa shape index (κ2) is 14.5. The molecule has 4 rings (SSSR count). The molecule has 2 amide bonds. The number of sulfonamides is 1. The van der Waals surface area contributed by atoms with Gasteiger partial charge in [0.25, 0.3) is 10.0 Å². The van der Waals surface area contributed by atoms with E-state index < -0.39 is 34.1 Å². The Bertz CT molecular complexity index is 1730. The number of aryl methyl sites for hydroxylation is 1. The quantitative estimate of drug-likeness (QED) is 0.186. The van der Waals surface area contributed by atoms with Crippen LogP contribution in [-0.2, 0) is 32.6 Å². The SMILES string of the molecule is Cc1ccc(S(=O)(=O)N(CC(=O)N(Cc2ccccc2)[C@H](Cc2ccccc2)C(=O)NC(C)(C)C)c2ccc(Cl)c(Cl)c2)cc1. The monoisotopic (exact) mass is 665 g/mol. The summed E-state index contributed by atoms with van der Waals surface area (Å²) in [7, 11) is -4.25. The number of halogens is 2. The number of carbonyl (C=O) groups is 2. The molecule has 0 radical (unpaired) electrons. The van der Waals surface area contributed by atoms with Gasteiger partial charge in [-0.05, 0) is 69.2 Å². The molecule has 0 aliphatic carbocycles. The molecule has 1 N–H and O–H groups in total. The number of anilines is 1. The molecule has 7 nitrogen and oxygen atoms in total. The average molecular weight is 667 g/mol. The third-order valence-electron chi connectivity index (χ3n) is 7.04. The Hall–Kier alpha value is -3.85. The summed E-state index contributed by atoms with van der Waals surface area (Å²) in [6.07, 6.45) is 0.221. The van der Waals surface area contributed by atoms with Crippen LogP contribution in [0.25, 0.3) is 0 Å². The van der Waals surface area contributed by atoms with Gasteiger partial charge in [-0.3, -0.25) is 13.9 Å². The summed E-state index contributed by atoms with van der Waals surface area (Å²) in [5.74, 6) is -0.913. The molecule has 0 aliphatic heterocycles. The molecule has 236 valence electrons. The van der Waals surface area contributed by atoms with Crippen molar-refractivity contribution in [3.63, 3.8) is 0 Å². The Morgan fingerprint density at radius 2 is 1.38 bits per heavy atom. The van der Waals surface area contributed by atoms with Gasteiger partial charge < -0.3 is 10.2 Å². The van der Waals surface area contributed by atoms with Gasteiger partial charge in [-0.1, -0.05) is 102 Å². The normalized spacial score (nSPS) is 12.3. The maximum absolute atomic E-state index is 14.5. The van der Waals surface area contributed by atoms with Gasteiger partial charge in [-0.2, -0.15) is 0 Å². The van der Waals surface area contributed by atoms with Gasteiger partial charge in [0, 0.05) is 18.5 Å². The molecule has 0 bridgehead atoms. The van der Waals surface area contributed by atoms with Gasteiger partial charge in [0.2, 0.25) is 11.8 Å². The highest BCUT2D eigenvalue weighted by atomic mass is 35.5. The summed E-state index contributed by atoms with van der Waals surface area (Å²) in [6, 6.07) is 28.5. The smallest absolute Gasteiger partial charge is 0.264 e. The largest absolute Gasteiger partial charge is 0.350 e. The number of benzene rings is 4. The van der Waals surface area contributed by atoms with Crippen molar-refractivity contribution in [2.75, 3.05) is 10.8 Å². The molecular formula is C35H37Cl2N3O4S. The molecule has 0 aromatic heterocycles. The summed E-state index contributed by atoms with van der Waals surface area (Å²) in [5, 5.41) is 3.40. The van der Waals surface area contributed by atoms with Crippen molar-refractivity contribution in [2.45, 2.75) is 57.1 Å². The minimum Gasteiger partial charge on any atom is -0.350 e. The summed E-state index contributed by atoms with van der Waals surface area (Å²) >= 11 is 12.5. The van der Waals surface area contributed by atoms with E-state index in [1.807, 2.05) is 88.4 Å². The fraction of sp³-hybridized carbons (Fsp3) is 0.257. The second-order valence-electron chi connectivity index (χ2n) is 11.9. The Kier molecular flexibility index (Phi) is 11.0. The zero-order valence-corrected chi connectivity index (χ0v) is 28.0. The van der Waals surface area contributed by atoms with E-state index in [1.165, 1.54) is 35.2 Å². The number of nitrogens with one attached hydrogen (secondary N) is 1. The molecule has 45 heavy (non-hydrogen) atoms. The standard InChI is InChI=1S/C35H37Cl2N3O4S/c1-25-15-18-29(19-16-25)45(43,44)40(28-17-20-30(36)31(37)22-28)24-33(41)39(23-27-13-9-6-10-14-27)32(34(42)38-35(2,3)4)21-26-11-7-5-8-12-26/h5-20,22,32H,21,23-24H2,1-4H3,(H,38,42)/t32-/m1/s1. The highest BCUT2D eigenvalue weighted by Crippen LogP contribution is 2.31. The van der Waals surface area contributed by atoms with Crippen LogP contribution in [0.2, 0.25) is 10.0 Å². The molecule has 0 fully saturated rings. The molecule has 0 unspecified atom stereocenters. The van der Waals surface area contributed by atoms with Crippen molar-refractivity contribution in [1.82, 2.24) is 10.2 Å². The zero-order chi connectivity index (χ0) is 32.8. The first kappa shape index (κ1) is 34.0. The van der Waals surface area contributed by atoms with E-state index in [-0.39, 0.29) is 39.5 Å². The lowest BCUT2D eigenvalue weighted by molar-refractivity contribution is -0.140. The molecule has 0 aliphatic rings. The summed E-state index contributed by atoms with van der Waals surface area (Å²) < 4.78 is 29.3. The zero-order valence-electron chi connectivity index (χ0n) is 25.7. The van der Waals surface area contributed by atoms with E-state index in [4.69, 9.17) is 23.2 Å². The van der Waals surface area contributed by atoms with Gasteiger partial charge in [-0.15, -0.1) is 0 Å². The van der Waals surface area contributed by atoms with Crippen LogP contribution in [-0.4, -0.2) is 43.3 Å². The highest BCUT2D eigenvalue weighted by molar-refractivity contribution is 7.92. The average Bonchev–Trinajstić information content (AvgIpc) is 2.99. The van der Waals surface area contributed by atoms with E-state index in [9.17, 15) is 18.0 Å². The fourth-order valence-electron chi connectivity index (χ4n) is 4.79. The lowest BCUT2D eigenvalue weighted by atomic mass is 10.0. The molecular weight excluding hydrogens is 629 g/mol. The second-order valence-corrected chi connectivity index (χ2v) is 14.6. The van der Waals surface area contributed by atoms with Gasteiger partial charge in [0.15, 0.2) is 0 Å². The molecule has 0 spiro atoms. The van der Waals surface area contributed by atoms with Crippen molar-refractivity contribution in [3.8, 4) is 0 Å². The van der Waals surface area contributed by atoms with E-state index in [2.05, 4.69) is 5.32 Å². The third-order valence-corrected chi connectivity index (χ3v) is 9.57. The van der Waals surface area contributed by atoms with Crippen LogP contribution in [0.1, 0.15) is 37.5 Å². The van der Waals surface area contributed by atoms with Crippen molar-refractivity contribution in [2.24, 2.45) is 0 Å². The molecule has 4 aromatic rings. The van der Waals surface area contributed by atoms with Crippen LogP contribution in [0.4, 0.5) is 5.69 Å². The topological polar surface area (TPSA) is 86.8 Å². The van der Waals surface area contributed by atoms with Crippen LogP contribution in [0.15, 0.2) is 108 Å². The van der Waals surface area contributed by atoms with Crippen molar-refractivity contribution in [1.29, 1.82) is 0 Å². The number of hydrogen-bond acceptors (Lipinski definition) is 4. The van der Waals surface area contributed by atoms with E-state index >= 15 is 0 Å². The van der Waals surface area contributed by atoms with Gasteiger partial charge in [0.1, 0.15) is 12.6 Å². The Morgan fingerprint density at radius 1 is 0.800 bits per heavy atom. The molecule has 0 saturated carbocycles. The van der Waals surface area contributed by atoms with Crippen LogP contribution in [0.3, 0.4) is 0 Å². The first-order valence-electron chi connectivity index (χ1n) is 14.5. The molecule has 4 aromatic carbocycles. The van der Waals surface area contributed by atoms with E-state index in [0.29, 0.717) is 0 Å². The lowest BCUT2D eigenvalue weighted by Crippen LogP contribution is -2.56. The van der Waals surface area contributed by atoms with Gasteiger partial charge >= 0.3 is 0 Å². The minimum absolute atomic E-state index is 0.00731. The van der Waals surface area contributed by atoms with E-state index in [0.717, 1.165) is 21.0 Å². The number of rotatable bonds is 11. The first-order chi connectivity index (χ1) is 21.2. The summed E-state index contributed by atoms with van der Waals surface area (Å²) in [6.45, 7) is 6.95. The maximum Gasteiger partial charge on any atom is 0.264 e. The van der Waals surface area contributed by atoms with Gasteiger partial charge in [-0.25, -0.2) is 8.42 Å². The van der Waals surface area contributed by atoms with Gasteiger partial charge in [0.05, 0.1) is 20.6 Å². The maximum atomic E-state index is 14.5.